The molecular formula is C15H20F3N3O5S. The van der Waals surface area contributed by atoms with E-state index in [1.807, 2.05) is 0 Å². The molecule has 1 saturated heterocycles. The van der Waals surface area contributed by atoms with Gasteiger partial charge in [-0.2, -0.15) is 26.7 Å². The average Bonchev–Trinajstić information content (AvgIpc) is 2.95. The van der Waals surface area contributed by atoms with Crippen LogP contribution in [-0.2, 0) is 28.3 Å². The third-order valence-corrected chi connectivity index (χ3v) is 5.40. The highest BCUT2D eigenvalue weighted by Gasteiger charge is 2.51. The highest BCUT2D eigenvalue weighted by Crippen LogP contribution is 2.47. The molecule has 0 saturated carbocycles. The van der Waals surface area contributed by atoms with Gasteiger partial charge >= 0.3 is 21.7 Å². The molecule has 2 bridgehead atoms. The first-order valence-corrected chi connectivity index (χ1v) is 9.70. The van der Waals surface area contributed by atoms with Gasteiger partial charge in [0.25, 0.3) is 0 Å². The Kier molecular flexibility index (Phi) is 4.40. The Morgan fingerprint density at radius 1 is 1.22 bits per heavy atom. The summed E-state index contributed by atoms with van der Waals surface area (Å²) in [6, 6.07) is -0.816. The molecule has 1 aromatic heterocycles. The number of aryl methyl sites for hydroxylation is 1. The quantitative estimate of drug-likeness (QED) is 0.549. The Balaban J connectivity index is 1.94. The van der Waals surface area contributed by atoms with Gasteiger partial charge in [-0.3, -0.25) is 4.90 Å². The van der Waals surface area contributed by atoms with Gasteiger partial charge in [0.05, 0.1) is 11.7 Å². The number of fused-ring (bicyclic) bond motifs is 4. The fourth-order valence-electron chi connectivity index (χ4n) is 3.47. The zero-order valence-electron chi connectivity index (χ0n) is 15.2. The van der Waals surface area contributed by atoms with Crippen LogP contribution in [0.4, 0.5) is 18.0 Å². The topological polar surface area (TPSA) is 90.7 Å². The van der Waals surface area contributed by atoms with Crippen LogP contribution in [0, 0.1) is 0 Å². The van der Waals surface area contributed by atoms with E-state index in [9.17, 15) is 26.4 Å². The summed E-state index contributed by atoms with van der Waals surface area (Å²) in [5.41, 5.74) is -5.63. The molecule has 152 valence electrons. The first-order chi connectivity index (χ1) is 12.2. The lowest BCUT2D eigenvalue weighted by Crippen LogP contribution is -2.44. The first-order valence-electron chi connectivity index (χ1n) is 8.29. The van der Waals surface area contributed by atoms with Gasteiger partial charge in [0.1, 0.15) is 5.60 Å². The van der Waals surface area contributed by atoms with Gasteiger partial charge in [-0.15, -0.1) is 0 Å². The molecule has 0 radical (unpaired) electrons. The number of nitrogens with zero attached hydrogens (tertiary/aromatic N) is 3. The highest BCUT2D eigenvalue weighted by atomic mass is 32.2. The van der Waals surface area contributed by atoms with E-state index in [1.54, 1.807) is 20.8 Å². The van der Waals surface area contributed by atoms with Crippen molar-refractivity contribution in [2.45, 2.75) is 63.2 Å². The second-order valence-electron chi connectivity index (χ2n) is 7.61. The molecule has 3 heterocycles. The predicted molar refractivity (Wildman–Crippen MR) is 86.4 cm³/mol. The van der Waals surface area contributed by atoms with Crippen molar-refractivity contribution in [2.24, 2.45) is 7.05 Å². The van der Waals surface area contributed by atoms with Crippen molar-refractivity contribution >= 4 is 16.2 Å². The van der Waals surface area contributed by atoms with Gasteiger partial charge in [-0.05, 0) is 33.6 Å². The molecule has 0 aliphatic carbocycles. The lowest BCUT2D eigenvalue weighted by molar-refractivity contribution is -0.0502. The summed E-state index contributed by atoms with van der Waals surface area (Å²) in [5.74, 6) is -0.469. The summed E-state index contributed by atoms with van der Waals surface area (Å²) < 4.78 is 71.5. The molecule has 2 unspecified atom stereocenters. The van der Waals surface area contributed by atoms with Crippen LogP contribution in [0.3, 0.4) is 0 Å². The molecule has 1 amide bonds. The van der Waals surface area contributed by atoms with Crippen LogP contribution in [0.25, 0.3) is 0 Å². The van der Waals surface area contributed by atoms with Crippen molar-refractivity contribution in [2.75, 3.05) is 0 Å². The number of alkyl halides is 3. The minimum atomic E-state index is -5.81. The lowest BCUT2D eigenvalue weighted by Gasteiger charge is -2.35. The van der Waals surface area contributed by atoms with E-state index in [-0.39, 0.29) is 18.0 Å². The maximum Gasteiger partial charge on any atom is 0.534 e. The van der Waals surface area contributed by atoms with E-state index in [1.165, 1.54) is 11.9 Å². The minimum absolute atomic E-state index is 0.141. The van der Waals surface area contributed by atoms with Crippen LogP contribution >= 0.6 is 0 Å². The number of halogens is 3. The number of amides is 1. The molecule has 8 nitrogen and oxygen atoms in total. The SMILES string of the molecule is Cn1nc2c(c1OS(=O)(=O)C(F)(F)F)CC1CCC2N1C(=O)OC(C)(C)C. The lowest BCUT2D eigenvalue weighted by atomic mass is 10.0. The second-order valence-corrected chi connectivity index (χ2v) is 9.15. The van der Waals surface area contributed by atoms with Crippen molar-refractivity contribution in [3.05, 3.63) is 11.3 Å². The summed E-state index contributed by atoms with van der Waals surface area (Å²) in [6.07, 6.45) is 0.771. The molecule has 2 aliphatic rings. The maximum atomic E-state index is 12.7. The fourth-order valence-corrected chi connectivity index (χ4v) is 3.98. The Bertz CT molecular complexity index is 872. The van der Waals surface area contributed by atoms with Crippen molar-refractivity contribution in [1.29, 1.82) is 0 Å². The summed E-state index contributed by atoms with van der Waals surface area (Å²) in [7, 11) is -4.51. The second kappa shape index (κ2) is 6.01. The van der Waals surface area contributed by atoms with Crippen LogP contribution in [0.1, 0.15) is 50.9 Å². The van der Waals surface area contributed by atoms with E-state index in [0.29, 0.717) is 18.5 Å². The molecule has 2 atom stereocenters. The molecule has 0 aromatic carbocycles. The Labute approximate surface area is 154 Å². The highest BCUT2D eigenvalue weighted by molar-refractivity contribution is 7.87. The van der Waals surface area contributed by atoms with Crippen LogP contribution < -0.4 is 4.18 Å². The predicted octanol–water partition coefficient (Wildman–Crippen LogP) is 2.65. The zero-order valence-corrected chi connectivity index (χ0v) is 16.0. The average molecular weight is 411 g/mol. The van der Waals surface area contributed by atoms with Gasteiger partial charge in [0, 0.05) is 25.1 Å². The van der Waals surface area contributed by atoms with Crippen LogP contribution in [0.15, 0.2) is 0 Å². The van der Waals surface area contributed by atoms with Crippen molar-refractivity contribution < 1.29 is 35.3 Å². The van der Waals surface area contributed by atoms with E-state index in [0.717, 1.165) is 4.68 Å². The number of aromatic nitrogens is 2. The number of ether oxygens (including phenoxy) is 1. The largest absolute Gasteiger partial charge is 0.534 e. The molecular weight excluding hydrogens is 391 g/mol. The summed E-state index contributed by atoms with van der Waals surface area (Å²) in [6.45, 7) is 5.20. The number of carbonyl (C=O) groups is 1. The van der Waals surface area contributed by atoms with Crippen molar-refractivity contribution in [3.8, 4) is 5.88 Å². The Morgan fingerprint density at radius 3 is 2.41 bits per heavy atom. The number of carbonyl (C=O) groups excluding carboxylic acids is 1. The smallest absolute Gasteiger partial charge is 0.444 e. The van der Waals surface area contributed by atoms with Gasteiger partial charge in [-0.1, -0.05) is 0 Å². The van der Waals surface area contributed by atoms with E-state index in [2.05, 4.69) is 9.28 Å². The standard InChI is InChI=1S/C15H20F3N3O5S/c1-14(2,3)25-13(22)21-8-5-6-10(21)11-9(7-8)12(20(4)19-11)26-27(23,24)15(16,17)18/h8,10H,5-7H2,1-4H3. The summed E-state index contributed by atoms with van der Waals surface area (Å²) in [4.78, 5) is 14.1. The number of hydrogen-bond acceptors (Lipinski definition) is 6. The van der Waals surface area contributed by atoms with Crippen LogP contribution in [-0.4, -0.2) is 46.3 Å². The molecule has 1 fully saturated rings. The van der Waals surface area contributed by atoms with E-state index >= 15 is 0 Å². The fraction of sp³-hybridized carbons (Fsp3) is 0.733. The third-order valence-electron chi connectivity index (χ3n) is 4.45. The van der Waals surface area contributed by atoms with E-state index < -0.39 is 39.2 Å². The van der Waals surface area contributed by atoms with Crippen molar-refractivity contribution in [3.63, 3.8) is 0 Å². The first kappa shape index (κ1) is 19.8. The third kappa shape index (κ3) is 3.46. The van der Waals surface area contributed by atoms with Crippen molar-refractivity contribution in [1.82, 2.24) is 14.7 Å². The molecule has 0 N–H and O–H groups in total. The normalized spacial score (nSPS) is 22.6. The zero-order chi connectivity index (χ0) is 20.4. The summed E-state index contributed by atoms with van der Waals surface area (Å²) in [5, 5.41) is 4.14. The van der Waals surface area contributed by atoms with Gasteiger partial charge in [0.15, 0.2) is 0 Å². The molecule has 3 rings (SSSR count). The molecule has 27 heavy (non-hydrogen) atoms. The number of hydrogen-bond donors (Lipinski definition) is 0. The molecule has 0 spiro atoms. The van der Waals surface area contributed by atoms with Gasteiger partial charge in [-0.25, -0.2) is 9.48 Å². The minimum Gasteiger partial charge on any atom is -0.444 e. The Morgan fingerprint density at radius 2 is 1.85 bits per heavy atom. The van der Waals surface area contributed by atoms with Gasteiger partial charge in [0.2, 0.25) is 5.88 Å². The molecule has 2 aliphatic heterocycles. The molecule has 12 heteroatoms. The Hall–Kier alpha value is -1.98. The number of rotatable bonds is 2. The maximum absolute atomic E-state index is 12.7. The monoisotopic (exact) mass is 411 g/mol. The van der Waals surface area contributed by atoms with Crippen LogP contribution in [0.5, 0.6) is 5.88 Å². The molecule has 1 aromatic rings. The van der Waals surface area contributed by atoms with E-state index in [4.69, 9.17) is 4.74 Å². The van der Waals surface area contributed by atoms with Gasteiger partial charge < -0.3 is 8.92 Å². The van der Waals surface area contributed by atoms with Crippen LogP contribution in [0.2, 0.25) is 0 Å². The summed E-state index contributed by atoms with van der Waals surface area (Å²) >= 11 is 0.